The van der Waals surface area contributed by atoms with Gasteiger partial charge in [0.15, 0.2) is 0 Å². The molecule has 0 saturated heterocycles. The molecule has 3 nitrogen and oxygen atoms in total. The predicted molar refractivity (Wildman–Crippen MR) is 66.4 cm³/mol. The molecule has 0 saturated carbocycles. The van der Waals surface area contributed by atoms with E-state index in [4.69, 9.17) is 4.74 Å². The smallest absolute Gasteiger partial charge is 0.387 e. The summed E-state index contributed by atoms with van der Waals surface area (Å²) in [5.74, 6) is -0.799. The van der Waals surface area contributed by atoms with Gasteiger partial charge in [-0.2, -0.15) is 8.78 Å². The van der Waals surface area contributed by atoms with E-state index in [-0.39, 0.29) is 17.9 Å². The Labute approximate surface area is 112 Å². The van der Waals surface area contributed by atoms with Crippen LogP contribution in [0.3, 0.4) is 0 Å². The van der Waals surface area contributed by atoms with Gasteiger partial charge in [-0.3, -0.25) is 0 Å². The SMILES string of the molecule is CCOC(=O)c1cc(CBr)cc(C)c1OC(F)F. The normalized spacial score (nSPS) is 10.6. The quantitative estimate of drug-likeness (QED) is 0.613. The van der Waals surface area contributed by atoms with Crippen LogP contribution < -0.4 is 4.74 Å². The molecule has 0 bridgehead atoms. The number of benzene rings is 1. The van der Waals surface area contributed by atoms with E-state index in [0.717, 1.165) is 5.56 Å². The molecule has 0 heterocycles. The highest BCUT2D eigenvalue weighted by Crippen LogP contribution is 2.28. The molecule has 0 aliphatic rings. The highest BCUT2D eigenvalue weighted by Gasteiger charge is 2.20. The first-order valence-corrected chi connectivity index (χ1v) is 6.43. The van der Waals surface area contributed by atoms with Gasteiger partial charge in [0.05, 0.1) is 6.61 Å². The second-order valence-electron chi connectivity index (χ2n) is 3.52. The number of carbonyl (C=O) groups is 1. The molecule has 18 heavy (non-hydrogen) atoms. The molecule has 0 aromatic heterocycles. The zero-order valence-corrected chi connectivity index (χ0v) is 11.6. The molecule has 6 heteroatoms. The number of alkyl halides is 3. The first kappa shape index (κ1) is 14.9. The molecule has 0 spiro atoms. The van der Waals surface area contributed by atoms with Crippen molar-refractivity contribution in [1.82, 2.24) is 0 Å². The van der Waals surface area contributed by atoms with Gasteiger partial charge < -0.3 is 9.47 Å². The van der Waals surface area contributed by atoms with Gasteiger partial charge in [0.25, 0.3) is 0 Å². The topological polar surface area (TPSA) is 35.5 Å². The van der Waals surface area contributed by atoms with Crippen molar-refractivity contribution >= 4 is 21.9 Å². The number of hydrogen-bond acceptors (Lipinski definition) is 3. The summed E-state index contributed by atoms with van der Waals surface area (Å²) in [6, 6.07) is 3.16. The van der Waals surface area contributed by atoms with Crippen LogP contribution in [-0.2, 0) is 10.1 Å². The fraction of sp³-hybridized carbons (Fsp3) is 0.417. The Kier molecular flexibility index (Phi) is 5.53. The van der Waals surface area contributed by atoms with Crippen LogP contribution in [0.5, 0.6) is 5.75 Å². The first-order chi connectivity index (χ1) is 8.49. The van der Waals surface area contributed by atoms with E-state index >= 15 is 0 Å². The molecular weight excluding hydrogens is 310 g/mol. The molecular formula is C12H13BrF2O3. The summed E-state index contributed by atoms with van der Waals surface area (Å²) in [5.41, 5.74) is 1.28. The number of halogens is 3. The molecule has 0 atom stereocenters. The second-order valence-corrected chi connectivity index (χ2v) is 4.08. The first-order valence-electron chi connectivity index (χ1n) is 5.31. The summed E-state index contributed by atoms with van der Waals surface area (Å²) >= 11 is 3.25. The Bertz CT molecular complexity index is 436. The number of esters is 1. The van der Waals surface area contributed by atoms with Crippen LogP contribution in [0.2, 0.25) is 0 Å². The maximum atomic E-state index is 12.3. The third kappa shape index (κ3) is 3.66. The standard InChI is InChI=1S/C12H13BrF2O3/c1-3-17-11(16)9-5-8(6-13)4-7(2)10(9)18-12(14)15/h4-5,12H,3,6H2,1-2H3. The van der Waals surface area contributed by atoms with Crippen LogP contribution in [0.25, 0.3) is 0 Å². The van der Waals surface area contributed by atoms with Crippen LogP contribution in [0.15, 0.2) is 12.1 Å². The average Bonchev–Trinajstić information content (AvgIpc) is 2.31. The number of hydrogen-bond donors (Lipinski definition) is 0. The molecule has 100 valence electrons. The van der Waals surface area contributed by atoms with E-state index in [1.165, 1.54) is 6.07 Å². The summed E-state index contributed by atoms with van der Waals surface area (Å²) in [6.07, 6.45) is 0. The lowest BCUT2D eigenvalue weighted by Gasteiger charge is -2.14. The van der Waals surface area contributed by atoms with Crippen molar-refractivity contribution in [3.05, 3.63) is 28.8 Å². The number of carbonyl (C=O) groups excluding carboxylic acids is 1. The van der Waals surface area contributed by atoms with Crippen LogP contribution in [-0.4, -0.2) is 19.2 Å². The Morgan fingerprint density at radius 3 is 2.61 bits per heavy atom. The van der Waals surface area contributed by atoms with Crippen molar-refractivity contribution in [2.24, 2.45) is 0 Å². The molecule has 1 rings (SSSR count). The third-order valence-corrected chi connectivity index (χ3v) is 2.84. The fourth-order valence-electron chi connectivity index (χ4n) is 1.53. The number of ether oxygens (including phenoxy) is 2. The predicted octanol–water partition coefficient (Wildman–Crippen LogP) is 3.67. The molecule has 0 unspecified atom stereocenters. The summed E-state index contributed by atoms with van der Waals surface area (Å²) < 4.78 is 33.9. The zero-order valence-electron chi connectivity index (χ0n) is 10.0. The minimum atomic E-state index is -2.98. The summed E-state index contributed by atoms with van der Waals surface area (Å²) in [6.45, 7) is 0.441. The maximum absolute atomic E-state index is 12.3. The highest BCUT2D eigenvalue weighted by atomic mass is 79.9. The summed E-state index contributed by atoms with van der Waals surface area (Å²) in [4.78, 5) is 11.7. The Hall–Kier alpha value is -1.17. The molecule has 0 fully saturated rings. The maximum Gasteiger partial charge on any atom is 0.387 e. The lowest BCUT2D eigenvalue weighted by Crippen LogP contribution is -2.12. The molecule has 1 aromatic rings. The van der Waals surface area contributed by atoms with Crippen molar-refractivity contribution in [2.45, 2.75) is 25.8 Å². The Morgan fingerprint density at radius 1 is 1.44 bits per heavy atom. The summed E-state index contributed by atoms with van der Waals surface area (Å²) in [7, 11) is 0. The van der Waals surface area contributed by atoms with Crippen LogP contribution in [0, 0.1) is 6.92 Å². The highest BCUT2D eigenvalue weighted by molar-refractivity contribution is 9.08. The van der Waals surface area contributed by atoms with Gasteiger partial charge in [-0.05, 0) is 31.0 Å². The average molecular weight is 323 g/mol. The van der Waals surface area contributed by atoms with Crippen molar-refractivity contribution in [1.29, 1.82) is 0 Å². The van der Waals surface area contributed by atoms with Crippen molar-refractivity contribution < 1.29 is 23.0 Å². The lowest BCUT2D eigenvalue weighted by atomic mass is 10.1. The minimum absolute atomic E-state index is 0.0200. The minimum Gasteiger partial charge on any atom is -0.462 e. The van der Waals surface area contributed by atoms with Gasteiger partial charge in [0, 0.05) is 5.33 Å². The zero-order chi connectivity index (χ0) is 13.7. The van der Waals surface area contributed by atoms with E-state index in [0.29, 0.717) is 10.9 Å². The van der Waals surface area contributed by atoms with E-state index in [1.807, 2.05) is 0 Å². The summed E-state index contributed by atoms with van der Waals surface area (Å²) in [5, 5.41) is 0.509. The van der Waals surface area contributed by atoms with Gasteiger partial charge >= 0.3 is 12.6 Å². The van der Waals surface area contributed by atoms with E-state index in [2.05, 4.69) is 20.7 Å². The van der Waals surface area contributed by atoms with E-state index in [9.17, 15) is 13.6 Å². The molecule has 0 aliphatic carbocycles. The molecule has 0 N–H and O–H groups in total. The molecule has 0 radical (unpaired) electrons. The van der Waals surface area contributed by atoms with Gasteiger partial charge in [0.2, 0.25) is 0 Å². The number of rotatable bonds is 5. The van der Waals surface area contributed by atoms with Crippen molar-refractivity contribution in [3.8, 4) is 5.75 Å². The molecule has 1 aromatic carbocycles. The molecule has 0 amide bonds. The Morgan fingerprint density at radius 2 is 2.11 bits per heavy atom. The Balaban J connectivity index is 3.24. The van der Waals surface area contributed by atoms with E-state index < -0.39 is 12.6 Å². The van der Waals surface area contributed by atoms with Gasteiger partial charge in [-0.25, -0.2) is 4.79 Å². The largest absolute Gasteiger partial charge is 0.462 e. The lowest BCUT2D eigenvalue weighted by molar-refractivity contribution is -0.0509. The molecule has 0 aliphatic heterocycles. The third-order valence-electron chi connectivity index (χ3n) is 2.19. The van der Waals surface area contributed by atoms with Gasteiger partial charge in [0.1, 0.15) is 11.3 Å². The monoisotopic (exact) mass is 322 g/mol. The van der Waals surface area contributed by atoms with Crippen LogP contribution in [0.1, 0.15) is 28.4 Å². The van der Waals surface area contributed by atoms with Gasteiger partial charge in [-0.15, -0.1) is 0 Å². The number of aryl methyl sites for hydroxylation is 1. The van der Waals surface area contributed by atoms with Gasteiger partial charge in [-0.1, -0.05) is 22.0 Å². The second kappa shape index (κ2) is 6.68. The van der Waals surface area contributed by atoms with Crippen LogP contribution in [0.4, 0.5) is 8.78 Å². The van der Waals surface area contributed by atoms with E-state index in [1.54, 1.807) is 19.9 Å². The van der Waals surface area contributed by atoms with Crippen molar-refractivity contribution in [3.63, 3.8) is 0 Å². The fourth-order valence-corrected chi connectivity index (χ4v) is 1.86. The van der Waals surface area contributed by atoms with Crippen molar-refractivity contribution in [2.75, 3.05) is 6.61 Å². The van der Waals surface area contributed by atoms with Crippen LogP contribution >= 0.6 is 15.9 Å².